The molecule has 15 nitrogen and oxygen atoms in total. The quantitative estimate of drug-likeness (QED) is 0.0896. The molecule has 0 aliphatic heterocycles. The lowest BCUT2D eigenvalue weighted by atomic mass is 9.37. The molecule has 0 saturated carbocycles. The molecule has 0 atom stereocenters. The van der Waals surface area contributed by atoms with Gasteiger partial charge in [-0.25, -0.2) is 29.1 Å². The Morgan fingerprint density at radius 2 is 0.596 bits per heavy atom. The van der Waals surface area contributed by atoms with Crippen molar-refractivity contribution in [1.82, 2.24) is 33.2 Å². The summed E-state index contributed by atoms with van der Waals surface area (Å²) in [6, 6.07) is 56.4. The number of carboxylic acids is 4. The summed E-state index contributed by atoms with van der Waals surface area (Å²) in [6.45, 7) is 12.0. The van der Waals surface area contributed by atoms with Crippen molar-refractivity contribution in [2.45, 2.75) is 41.5 Å². The largest absolute Gasteiger partial charge is 0.478 e. The number of benzene rings is 10. The van der Waals surface area contributed by atoms with Gasteiger partial charge in [-0.2, -0.15) is 4.98 Å². The Labute approximate surface area is 507 Å². The zero-order valence-corrected chi connectivity index (χ0v) is 49.0. The van der Waals surface area contributed by atoms with Crippen molar-refractivity contribution in [1.29, 1.82) is 0 Å². The molecule has 16 heteroatoms. The molecule has 15 aromatic rings. The van der Waals surface area contributed by atoms with Gasteiger partial charge in [-0.15, -0.1) is 0 Å². The first-order valence-corrected chi connectivity index (χ1v) is 29.0. The minimum atomic E-state index is -1.12. The van der Waals surface area contributed by atoms with E-state index >= 15 is 0 Å². The molecular weight excluding hydrogens is 1110 g/mol. The number of aromatic nitrogens is 7. The van der Waals surface area contributed by atoms with E-state index in [4.69, 9.17) is 15.0 Å². The number of hydrogen-bond acceptors (Lipinski definition) is 7. The fourth-order valence-electron chi connectivity index (χ4n) is 14.1. The van der Waals surface area contributed by atoms with E-state index in [1.807, 2.05) is 106 Å². The number of carbonyl (C=O) groups is 4. The first kappa shape index (κ1) is 54.0. The van der Waals surface area contributed by atoms with E-state index < -0.39 is 30.6 Å². The van der Waals surface area contributed by atoms with Crippen molar-refractivity contribution < 1.29 is 39.6 Å². The molecule has 0 radical (unpaired) electrons. The van der Waals surface area contributed by atoms with Crippen LogP contribution < -0.4 is 16.6 Å². The Kier molecular flexibility index (Phi) is 12.1. The molecule has 430 valence electrons. The van der Waals surface area contributed by atoms with Gasteiger partial charge in [-0.05, 0) is 163 Å². The summed E-state index contributed by atoms with van der Waals surface area (Å²) in [5.41, 5.74) is 16.0. The standard InChI is InChI=1S/C73H52BN7O8/c1-37-25-39(3)65(40(4)26-37)74(66-41(5)27-38(2)28-42(66)6)71-75-72(80-59-23-19-45(69(86)87)31-51(59)55-33-53-49-29-43(67(82)83)17-21-57(49)78(61(53)35-63(55)80)47-13-9-7-10-14-47)77-73(76-71)81-60-24-20-46(70(88)89)32-52(60)56-34-54-50-30-44(68(84)85)18-22-58(50)79(62(54)36-64(56)81)48-15-11-8-12-16-48/h7-36H,1-6H3,(H,82,83)(H,84,85)(H,86,87)(H,88,89). The molecule has 0 fully saturated rings. The molecule has 5 aromatic heterocycles. The summed E-state index contributed by atoms with van der Waals surface area (Å²) in [6.07, 6.45) is 0. The van der Waals surface area contributed by atoms with Crippen LogP contribution in [-0.2, 0) is 0 Å². The lowest BCUT2D eigenvalue weighted by molar-refractivity contribution is 0.0686. The molecule has 0 unspecified atom stereocenters. The van der Waals surface area contributed by atoms with Crippen molar-refractivity contribution in [2.75, 3.05) is 0 Å². The van der Waals surface area contributed by atoms with Gasteiger partial charge in [0.1, 0.15) is 5.72 Å². The second-order valence-corrected chi connectivity index (χ2v) is 23.3. The summed E-state index contributed by atoms with van der Waals surface area (Å²) < 4.78 is 8.08. The summed E-state index contributed by atoms with van der Waals surface area (Å²) >= 11 is 0. The molecule has 10 aromatic carbocycles. The van der Waals surface area contributed by atoms with Gasteiger partial charge in [0.25, 0.3) is 6.71 Å². The maximum atomic E-state index is 13.0. The van der Waals surface area contributed by atoms with Gasteiger partial charge in [-0.3, -0.25) is 9.13 Å². The molecule has 89 heavy (non-hydrogen) atoms. The summed E-state index contributed by atoms with van der Waals surface area (Å²) in [4.78, 5) is 68.3. The lowest BCUT2D eigenvalue weighted by Gasteiger charge is -2.24. The molecule has 15 rings (SSSR count). The van der Waals surface area contributed by atoms with Crippen molar-refractivity contribution in [3.8, 4) is 23.3 Å². The van der Waals surface area contributed by atoms with Gasteiger partial charge in [0, 0.05) is 54.5 Å². The smallest absolute Gasteiger partial charge is 0.335 e. The van der Waals surface area contributed by atoms with Crippen molar-refractivity contribution in [3.63, 3.8) is 0 Å². The fraction of sp³-hybridized carbons (Fsp3) is 0.0822. The van der Waals surface area contributed by atoms with Crippen LogP contribution in [0.3, 0.4) is 0 Å². The third kappa shape index (κ3) is 8.39. The molecule has 0 aliphatic rings. The molecule has 4 N–H and O–H groups in total. The molecule has 0 bridgehead atoms. The third-order valence-electron chi connectivity index (χ3n) is 17.7. The van der Waals surface area contributed by atoms with Crippen molar-refractivity contribution in [2.24, 2.45) is 0 Å². The van der Waals surface area contributed by atoms with E-state index in [1.54, 1.807) is 60.7 Å². The third-order valence-corrected chi connectivity index (χ3v) is 17.7. The molecule has 0 aliphatic carbocycles. The first-order valence-electron chi connectivity index (χ1n) is 29.0. The Balaban J connectivity index is 1.13. The van der Waals surface area contributed by atoms with Crippen LogP contribution in [0.1, 0.15) is 74.8 Å². The van der Waals surface area contributed by atoms with Gasteiger partial charge >= 0.3 is 23.9 Å². The van der Waals surface area contributed by atoms with Crippen molar-refractivity contribution in [3.05, 3.63) is 238 Å². The number of para-hydroxylation sites is 2. The van der Waals surface area contributed by atoms with Gasteiger partial charge < -0.3 is 29.6 Å². The Morgan fingerprint density at radius 1 is 0.315 bits per heavy atom. The summed E-state index contributed by atoms with van der Waals surface area (Å²) in [7, 11) is 0. The molecule has 5 heterocycles. The van der Waals surface area contributed by atoms with E-state index in [0.717, 1.165) is 88.5 Å². The molecule has 0 amide bonds. The minimum absolute atomic E-state index is 0.0497. The highest BCUT2D eigenvalue weighted by atomic mass is 16.4. The number of rotatable bonds is 11. The second kappa shape index (κ2) is 20.0. The highest BCUT2D eigenvalue weighted by Gasteiger charge is 2.34. The second-order valence-electron chi connectivity index (χ2n) is 23.3. The fourth-order valence-corrected chi connectivity index (χ4v) is 14.1. The van der Waals surface area contributed by atoms with Crippen LogP contribution in [0.15, 0.2) is 182 Å². The average Bonchev–Trinajstić information content (AvgIpc) is 1.59. The number of hydrogen-bond donors (Lipinski definition) is 4. The van der Waals surface area contributed by atoms with Crippen LogP contribution >= 0.6 is 0 Å². The van der Waals surface area contributed by atoms with E-state index in [2.05, 4.69) is 74.9 Å². The van der Waals surface area contributed by atoms with Crippen LogP contribution in [0.4, 0.5) is 0 Å². The van der Waals surface area contributed by atoms with Crippen LogP contribution in [0.5, 0.6) is 0 Å². The maximum Gasteiger partial charge on any atom is 0.335 e. The van der Waals surface area contributed by atoms with Crippen molar-refractivity contribution >= 4 is 134 Å². The zero-order valence-electron chi connectivity index (χ0n) is 49.0. The van der Waals surface area contributed by atoms with Crippen LogP contribution in [0.2, 0.25) is 0 Å². The van der Waals surface area contributed by atoms with E-state index in [1.165, 1.54) is 0 Å². The number of carboxylic acid groups (broad SMARTS) is 4. The lowest BCUT2D eigenvalue weighted by Crippen LogP contribution is -2.58. The molecule has 0 spiro atoms. The van der Waals surface area contributed by atoms with E-state index in [9.17, 15) is 39.6 Å². The van der Waals surface area contributed by atoms with Crippen LogP contribution in [-0.4, -0.2) is 84.2 Å². The van der Waals surface area contributed by atoms with Gasteiger partial charge in [0.2, 0.25) is 11.9 Å². The van der Waals surface area contributed by atoms with E-state index in [0.29, 0.717) is 60.1 Å². The van der Waals surface area contributed by atoms with Crippen LogP contribution in [0.25, 0.3) is 110 Å². The number of fused-ring (bicyclic) bond motifs is 12. The summed E-state index contributed by atoms with van der Waals surface area (Å²) in [5, 5.41) is 47.2. The van der Waals surface area contributed by atoms with Crippen LogP contribution in [0, 0.1) is 41.5 Å². The number of aromatic carboxylic acids is 4. The monoisotopic (exact) mass is 1170 g/mol. The Bertz CT molecular complexity index is 5270. The van der Waals surface area contributed by atoms with Gasteiger partial charge in [0.15, 0.2) is 0 Å². The predicted octanol–water partition coefficient (Wildman–Crippen LogP) is 13.4. The number of aryl methyl sites for hydroxylation is 6. The van der Waals surface area contributed by atoms with E-state index in [-0.39, 0.29) is 34.2 Å². The first-order chi connectivity index (χ1) is 42.9. The summed E-state index contributed by atoms with van der Waals surface area (Å²) in [5.74, 6) is -4.02. The Hall–Kier alpha value is -11.6. The average molecular weight is 1170 g/mol. The highest BCUT2D eigenvalue weighted by molar-refractivity contribution is 6.95. The van der Waals surface area contributed by atoms with Gasteiger partial charge in [-0.1, -0.05) is 105 Å². The zero-order chi connectivity index (χ0) is 61.6. The predicted molar refractivity (Wildman–Crippen MR) is 351 cm³/mol. The minimum Gasteiger partial charge on any atom is -0.478 e. The molecular formula is C73H52BN7O8. The van der Waals surface area contributed by atoms with Gasteiger partial charge in [0.05, 0.1) is 66.4 Å². The number of nitrogens with zero attached hydrogens (tertiary/aromatic N) is 7. The normalized spacial score (nSPS) is 11.8. The topological polar surface area (TPSA) is 208 Å². The SMILES string of the molecule is Cc1cc(C)c(B(c2nc(-n3c4ccc(C(=O)O)cc4c4cc5c6cc(C(=O)O)ccc6n(-c6ccccc6)c5cc43)nc(-n3c4ccc(C(=O)O)cc4c4cc5c6cc(C(=O)O)ccc6n(-c6ccccc6)c5cc43)n2)c2c(C)cc(C)cc2C)c(C)c1. The highest BCUT2D eigenvalue weighted by Crippen LogP contribution is 2.43. The molecule has 0 saturated heterocycles. The Morgan fingerprint density at radius 3 is 0.899 bits per heavy atom. The maximum absolute atomic E-state index is 13.0.